The highest BCUT2D eigenvalue weighted by Crippen LogP contribution is 2.26. The Labute approximate surface area is 121 Å². The summed E-state index contributed by atoms with van der Waals surface area (Å²) in [5.74, 6) is 0. The Morgan fingerprint density at radius 2 is 2.00 bits per heavy atom. The Bertz CT molecular complexity index is 587. The standard InChI is InChI=1S/C18H22N2/c1-13-6-9-17(20-12-13)11-18(19-2)16-8-7-14-4-3-5-15(14)10-16/h6-10,12,18-19H,3-5,11H2,1-2H3. The Hall–Kier alpha value is -1.67. The van der Waals surface area contributed by atoms with Gasteiger partial charge in [0.15, 0.2) is 0 Å². The molecule has 1 aliphatic rings. The van der Waals surface area contributed by atoms with Gasteiger partial charge in [0.1, 0.15) is 0 Å². The maximum absolute atomic E-state index is 4.52. The van der Waals surface area contributed by atoms with E-state index in [1.54, 1.807) is 5.56 Å². The number of nitrogens with zero attached hydrogens (tertiary/aromatic N) is 1. The van der Waals surface area contributed by atoms with Gasteiger partial charge in [-0.05, 0) is 61.6 Å². The fourth-order valence-corrected chi connectivity index (χ4v) is 3.02. The Balaban J connectivity index is 1.81. The van der Waals surface area contributed by atoms with Gasteiger partial charge in [-0.15, -0.1) is 0 Å². The van der Waals surface area contributed by atoms with Crippen LogP contribution in [0, 0.1) is 6.92 Å². The summed E-state index contributed by atoms with van der Waals surface area (Å²) in [5, 5.41) is 3.43. The summed E-state index contributed by atoms with van der Waals surface area (Å²) < 4.78 is 0. The van der Waals surface area contributed by atoms with Crippen molar-refractivity contribution in [3.63, 3.8) is 0 Å². The number of aromatic nitrogens is 1. The molecule has 0 saturated heterocycles. The van der Waals surface area contributed by atoms with Gasteiger partial charge in [-0.2, -0.15) is 0 Å². The zero-order valence-corrected chi connectivity index (χ0v) is 12.3. The van der Waals surface area contributed by atoms with E-state index in [2.05, 4.69) is 47.6 Å². The Morgan fingerprint density at radius 3 is 2.75 bits per heavy atom. The van der Waals surface area contributed by atoms with Crippen molar-refractivity contribution in [3.05, 3.63) is 64.5 Å². The van der Waals surface area contributed by atoms with Crippen LogP contribution in [0.4, 0.5) is 0 Å². The lowest BCUT2D eigenvalue weighted by atomic mass is 9.97. The van der Waals surface area contributed by atoms with Crippen molar-refractivity contribution in [2.24, 2.45) is 0 Å². The molecule has 1 heterocycles. The van der Waals surface area contributed by atoms with Crippen LogP contribution >= 0.6 is 0 Å². The number of likely N-dealkylation sites (N-methyl/N-ethyl adjacent to an activating group) is 1. The maximum atomic E-state index is 4.52. The molecule has 0 aliphatic heterocycles. The molecule has 1 N–H and O–H groups in total. The zero-order chi connectivity index (χ0) is 13.9. The fraction of sp³-hybridized carbons (Fsp3) is 0.389. The molecular formula is C18H22N2. The zero-order valence-electron chi connectivity index (χ0n) is 12.3. The van der Waals surface area contributed by atoms with E-state index in [1.807, 2.05) is 13.2 Å². The fourth-order valence-electron chi connectivity index (χ4n) is 3.02. The molecule has 2 nitrogen and oxygen atoms in total. The van der Waals surface area contributed by atoms with E-state index < -0.39 is 0 Å². The average Bonchev–Trinajstić information content (AvgIpc) is 2.94. The normalized spacial score (nSPS) is 15.1. The van der Waals surface area contributed by atoms with Crippen molar-refractivity contribution in [1.29, 1.82) is 0 Å². The van der Waals surface area contributed by atoms with Crippen LogP contribution in [0.5, 0.6) is 0 Å². The number of pyridine rings is 1. The van der Waals surface area contributed by atoms with Gasteiger partial charge in [0, 0.05) is 24.4 Å². The average molecular weight is 266 g/mol. The van der Waals surface area contributed by atoms with Crippen LogP contribution in [0.25, 0.3) is 0 Å². The molecule has 3 rings (SSSR count). The minimum atomic E-state index is 0.344. The van der Waals surface area contributed by atoms with Crippen molar-refractivity contribution in [3.8, 4) is 0 Å². The summed E-state index contributed by atoms with van der Waals surface area (Å²) >= 11 is 0. The minimum Gasteiger partial charge on any atom is -0.313 e. The summed E-state index contributed by atoms with van der Waals surface area (Å²) in [4.78, 5) is 4.52. The van der Waals surface area contributed by atoms with Crippen LogP contribution in [-0.4, -0.2) is 12.0 Å². The number of nitrogens with one attached hydrogen (secondary N) is 1. The highest BCUT2D eigenvalue weighted by atomic mass is 14.9. The minimum absolute atomic E-state index is 0.344. The number of hydrogen-bond donors (Lipinski definition) is 1. The molecule has 0 bridgehead atoms. The van der Waals surface area contributed by atoms with Crippen molar-refractivity contribution < 1.29 is 0 Å². The third kappa shape index (κ3) is 2.75. The molecule has 0 amide bonds. The van der Waals surface area contributed by atoms with Crippen LogP contribution in [0.15, 0.2) is 36.5 Å². The van der Waals surface area contributed by atoms with Crippen molar-refractivity contribution in [2.45, 2.75) is 38.6 Å². The molecule has 1 aromatic heterocycles. The smallest absolute Gasteiger partial charge is 0.0422 e. The summed E-state index contributed by atoms with van der Waals surface area (Å²) in [7, 11) is 2.03. The monoisotopic (exact) mass is 266 g/mol. The van der Waals surface area contributed by atoms with Crippen LogP contribution in [0.2, 0.25) is 0 Å². The van der Waals surface area contributed by atoms with Gasteiger partial charge in [0.05, 0.1) is 0 Å². The predicted octanol–water partition coefficient (Wildman–Crippen LogP) is 3.38. The van der Waals surface area contributed by atoms with Crippen LogP contribution in [0.3, 0.4) is 0 Å². The highest BCUT2D eigenvalue weighted by Gasteiger charge is 2.15. The first-order valence-electron chi connectivity index (χ1n) is 7.47. The predicted molar refractivity (Wildman–Crippen MR) is 82.9 cm³/mol. The Morgan fingerprint density at radius 1 is 1.15 bits per heavy atom. The molecule has 1 aliphatic carbocycles. The molecule has 0 saturated carbocycles. The first-order valence-corrected chi connectivity index (χ1v) is 7.47. The number of aryl methyl sites for hydroxylation is 3. The van der Waals surface area contributed by atoms with E-state index in [4.69, 9.17) is 0 Å². The van der Waals surface area contributed by atoms with Gasteiger partial charge in [-0.1, -0.05) is 24.3 Å². The highest BCUT2D eigenvalue weighted by molar-refractivity contribution is 5.37. The lowest BCUT2D eigenvalue weighted by Crippen LogP contribution is -2.19. The molecule has 2 heteroatoms. The lowest BCUT2D eigenvalue weighted by Gasteiger charge is -2.17. The van der Waals surface area contributed by atoms with Crippen LogP contribution < -0.4 is 5.32 Å². The third-order valence-corrected chi connectivity index (χ3v) is 4.26. The molecule has 20 heavy (non-hydrogen) atoms. The van der Waals surface area contributed by atoms with E-state index in [0.29, 0.717) is 6.04 Å². The first kappa shape index (κ1) is 13.3. The molecule has 0 fully saturated rings. The molecule has 0 radical (unpaired) electrons. The van der Waals surface area contributed by atoms with Gasteiger partial charge in [-0.3, -0.25) is 4.98 Å². The van der Waals surface area contributed by atoms with Gasteiger partial charge < -0.3 is 5.32 Å². The number of fused-ring (bicyclic) bond motifs is 1. The first-order chi connectivity index (χ1) is 9.76. The molecule has 1 unspecified atom stereocenters. The maximum Gasteiger partial charge on any atom is 0.0422 e. The van der Waals surface area contributed by atoms with Crippen molar-refractivity contribution in [2.75, 3.05) is 7.05 Å². The molecule has 0 spiro atoms. The molecule has 104 valence electrons. The van der Waals surface area contributed by atoms with Gasteiger partial charge in [0.2, 0.25) is 0 Å². The molecular weight excluding hydrogens is 244 g/mol. The molecule has 1 aromatic carbocycles. The number of hydrogen-bond acceptors (Lipinski definition) is 2. The van der Waals surface area contributed by atoms with E-state index in [-0.39, 0.29) is 0 Å². The Kier molecular flexibility index (Phi) is 3.83. The summed E-state index contributed by atoms with van der Waals surface area (Å²) in [6.45, 7) is 2.08. The van der Waals surface area contributed by atoms with E-state index >= 15 is 0 Å². The summed E-state index contributed by atoms with van der Waals surface area (Å²) in [6, 6.07) is 11.6. The van der Waals surface area contributed by atoms with Crippen molar-refractivity contribution in [1.82, 2.24) is 10.3 Å². The molecule has 2 aromatic rings. The number of rotatable bonds is 4. The summed E-state index contributed by atoms with van der Waals surface area (Å²) in [5.41, 5.74) is 6.83. The lowest BCUT2D eigenvalue weighted by molar-refractivity contribution is 0.584. The SMILES string of the molecule is CNC(Cc1ccc(C)cn1)c1ccc2c(c1)CCC2. The number of benzene rings is 1. The molecule has 1 atom stereocenters. The quantitative estimate of drug-likeness (QED) is 0.917. The van der Waals surface area contributed by atoms with Gasteiger partial charge in [-0.25, -0.2) is 0 Å². The van der Waals surface area contributed by atoms with Crippen LogP contribution in [-0.2, 0) is 19.3 Å². The van der Waals surface area contributed by atoms with Gasteiger partial charge >= 0.3 is 0 Å². The second-order valence-corrected chi connectivity index (χ2v) is 5.75. The van der Waals surface area contributed by atoms with Gasteiger partial charge in [0.25, 0.3) is 0 Å². The van der Waals surface area contributed by atoms with Crippen LogP contribution in [0.1, 0.15) is 40.4 Å². The van der Waals surface area contributed by atoms with E-state index in [9.17, 15) is 0 Å². The van der Waals surface area contributed by atoms with E-state index in [1.165, 1.54) is 36.0 Å². The largest absolute Gasteiger partial charge is 0.313 e. The summed E-state index contributed by atoms with van der Waals surface area (Å²) in [6.07, 6.45) is 6.69. The second kappa shape index (κ2) is 5.76. The van der Waals surface area contributed by atoms with Crippen molar-refractivity contribution >= 4 is 0 Å². The topological polar surface area (TPSA) is 24.9 Å². The third-order valence-electron chi connectivity index (χ3n) is 4.26. The van der Waals surface area contributed by atoms with E-state index in [0.717, 1.165) is 12.1 Å². The second-order valence-electron chi connectivity index (χ2n) is 5.75.